The lowest BCUT2D eigenvalue weighted by Crippen LogP contribution is -2.81. The minimum Gasteiger partial charge on any atom is -0.207 e. The third-order valence-electron chi connectivity index (χ3n) is 10.9. The summed E-state index contributed by atoms with van der Waals surface area (Å²) in [5, 5.41) is 0. The fourth-order valence-corrected chi connectivity index (χ4v) is 7.95. The van der Waals surface area contributed by atoms with E-state index in [2.05, 4.69) is 59.4 Å². The second-order valence-corrected chi connectivity index (χ2v) is 14.4. The maximum Gasteiger partial charge on any atom is 0.200 e. The topological polar surface area (TPSA) is 3.88 Å². The van der Waals surface area contributed by atoms with Gasteiger partial charge in [0.15, 0.2) is 88.7 Å². The molecule has 0 bridgehead atoms. The Morgan fingerprint density at radius 3 is 0.891 bits per heavy atom. The summed E-state index contributed by atoms with van der Waals surface area (Å²) in [5.74, 6) is -70.6. The zero-order chi connectivity index (χ0) is 47.3. The molecule has 0 N–H and O–H groups in total. The molecule has 64 heavy (non-hydrogen) atoms. The quantitative estimate of drug-likeness (QED) is 0.0494. The van der Waals surface area contributed by atoms with Crippen LogP contribution >= 0.6 is 0 Å². The van der Waals surface area contributed by atoms with E-state index in [4.69, 9.17) is 0 Å². The van der Waals surface area contributed by atoms with Gasteiger partial charge in [0.25, 0.3) is 0 Å². The smallest absolute Gasteiger partial charge is 0.200 e. The Balaban J connectivity index is 0.000000295. The molecule has 1 aromatic heterocycles. The van der Waals surface area contributed by atoms with Gasteiger partial charge in [0.2, 0.25) is 0 Å². The van der Waals surface area contributed by atoms with Crippen molar-refractivity contribution < 1.29 is 92.4 Å². The lowest BCUT2D eigenvalue weighted by atomic mass is 9.12. The molecule has 1 aliphatic rings. The van der Waals surface area contributed by atoms with Gasteiger partial charge in [-0.15, -0.1) is 21.9 Å². The van der Waals surface area contributed by atoms with Crippen molar-refractivity contribution in [2.45, 2.75) is 44.6 Å². The highest BCUT2D eigenvalue weighted by molar-refractivity contribution is 7.20. The van der Waals surface area contributed by atoms with Crippen molar-refractivity contribution in [2.75, 3.05) is 0 Å². The van der Waals surface area contributed by atoms with Gasteiger partial charge in [-0.1, -0.05) is 49.6 Å². The van der Waals surface area contributed by atoms with E-state index in [1.54, 1.807) is 0 Å². The Morgan fingerprint density at radius 1 is 0.344 bits per heavy atom. The SMILES string of the molecule is Fc1c(F)c(F)c([B-](c2c(F)c(F)c(F)c(F)c2F)(c2c(F)c(F)c(F)c(F)c2F)c2c(F)c(F)c(F)c(F)c2F)c(F)c1F.c1ccc(C[n+]2ccc(C3CCCCC3)cc2)cc1. The molecule has 1 fully saturated rings. The summed E-state index contributed by atoms with van der Waals surface area (Å²) in [5.41, 5.74) is -11.4. The van der Waals surface area contributed by atoms with Gasteiger partial charge in [0, 0.05) is 17.7 Å². The van der Waals surface area contributed by atoms with E-state index >= 15 is 35.1 Å². The van der Waals surface area contributed by atoms with E-state index < -0.39 is 144 Å². The predicted octanol–water partition coefficient (Wildman–Crippen LogP) is 9.92. The Labute approximate surface area is 347 Å². The number of halogens is 20. The number of hydrogen-bond acceptors (Lipinski definition) is 0. The first-order valence-electron chi connectivity index (χ1n) is 18.4. The summed E-state index contributed by atoms with van der Waals surface area (Å²) in [4.78, 5) is 0. The highest BCUT2D eigenvalue weighted by atomic mass is 19.2. The largest absolute Gasteiger partial charge is 0.207 e. The van der Waals surface area contributed by atoms with E-state index in [0.29, 0.717) is 0 Å². The molecule has 0 radical (unpaired) electrons. The third kappa shape index (κ3) is 7.71. The van der Waals surface area contributed by atoms with E-state index in [9.17, 15) is 52.7 Å². The van der Waals surface area contributed by atoms with Crippen LogP contribution in [0.3, 0.4) is 0 Å². The fraction of sp³-hybridized carbons (Fsp3) is 0.167. The van der Waals surface area contributed by atoms with Crippen molar-refractivity contribution in [1.82, 2.24) is 0 Å². The average Bonchev–Trinajstić information content (AvgIpc) is 3.30. The van der Waals surface area contributed by atoms with Gasteiger partial charge >= 0.3 is 0 Å². The predicted molar refractivity (Wildman–Crippen MR) is 187 cm³/mol. The first-order chi connectivity index (χ1) is 30.1. The molecular weight excluding hydrogens is 909 g/mol. The molecule has 0 saturated heterocycles. The molecule has 1 saturated carbocycles. The fourth-order valence-electron chi connectivity index (χ4n) is 7.95. The van der Waals surface area contributed by atoms with Crippen molar-refractivity contribution in [3.05, 3.63) is 182 Å². The molecule has 0 amide bonds. The summed E-state index contributed by atoms with van der Waals surface area (Å²) in [6, 6.07) is 15.3. The molecular formula is C42H22BF20N. The van der Waals surface area contributed by atoms with Crippen LogP contribution in [-0.4, -0.2) is 6.15 Å². The maximum atomic E-state index is 15.4. The number of benzene rings is 5. The maximum absolute atomic E-state index is 15.4. The molecule has 6 aromatic rings. The average molecular weight is 931 g/mol. The second-order valence-electron chi connectivity index (χ2n) is 14.4. The van der Waals surface area contributed by atoms with Crippen LogP contribution in [0.15, 0.2) is 54.9 Å². The molecule has 338 valence electrons. The first kappa shape index (κ1) is 47.4. The number of nitrogens with zero attached hydrogens (tertiary/aromatic N) is 1. The Kier molecular flexibility index (Phi) is 13.5. The summed E-state index contributed by atoms with van der Waals surface area (Å²) < 4.78 is 296. The van der Waals surface area contributed by atoms with E-state index in [0.717, 1.165) is 12.5 Å². The minimum atomic E-state index is -7.22. The van der Waals surface area contributed by atoms with Crippen LogP contribution in [0.1, 0.15) is 49.1 Å². The zero-order valence-corrected chi connectivity index (χ0v) is 31.6. The first-order valence-corrected chi connectivity index (χ1v) is 18.4. The summed E-state index contributed by atoms with van der Waals surface area (Å²) in [7, 11) is 0. The molecule has 7 rings (SSSR count). The molecule has 1 nitrogen and oxygen atoms in total. The van der Waals surface area contributed by atoms with Gasteiger partial charge in [0.05, 0.1) is 0 Å². The van der Waals surface area contributed by atoms with E-state index in [-0.39, 0.29) is 0 Å². The van der Waals surface area contributed by atoms with Gasteiger partial charge in [-0.2, -0.15) is 0 Å². The highest BCUT2D eigenvalue weighted by Gasteiger charge is 2.52. The molecule has 1 heterocycles. The Bertz CT molecular complexity index is 2390. The van der Waals surface area contributed by atoms with Crippen LogP contribution in [0.5, 0.6) is 0 Å². The van der Waals surface area contributed by atoms with Crippen molar-refractivity contribution in [1.29, 1.82) is 0 Å². The molecule has 0 spiro atoms. The van der Waals surface area contributed by atoms with Crippen molar-refractivity contribution in [3.8, 4) is 0 Å². The normalized spacial score (nSPS) is 13.3. The number of hydrogen-bond donors (Lipinski definition) is 0. The number of aromatic nitrogens is 1. The van der Waals surface area contributed by atoms with Crippen molar-refractivity contribution in [3.63, 3.8) is 0 Å². The summed E-state index contributed by atoms with van der Waals surface area (Å²) in [6.07, 6.45) is 4.25. The third-order valence-corrected chi connectivity index (χ3v) is 10.9. The Hall–Kier alpha value is -6.09. The number of pyridine rings is 1. The standard InChI is InChI=1S/C24BF20.C18H22N/c26-5-1(6(27)14(35)21(42)13(5)34)25(2-7(28)15(36)22(43)16(37)8(2)29,3-9(30)17(38)23(44)18(39)10(3)31)4-11(32)19(40)24(45)20(41)12(4)33;1-3-7-16(8-4-1)15-19-13-11-18(12-14-19)17-9-5-2-6-10-17/h;1,3-4,7-8,11-14,17H,2,5-6,9-10,15H2/q-1;+1. The van der Waals surface area contributed by atoms with Gasteiger partial charge in [-0.25, -0.2) is 92.4 Å². The zero-order valence-electron chi connectivity index (χ0n) is 31.6. The van der Waals surface area contributed by atoms with Gasteiger partial charge < -0.3 is 0 Å². The molecule has 1 aliphatic carbocycles. The van der Waals surface area contributed by atoms with E-state index in [1.165, 1.54) is 43.2 Å². The molecule has 0 aliphatic heterocycles. The van der Waals surface area contributed by atoms with Crippen LogP contribution in [0.25, 0.3) is 0 Å². The molecule has 0 unspecified atom stereocenters. The van der Waals surface area contributed by atoms with Gasteiger partial charge in [-0.05, 0) is 24.3 Å². The van der Waals surface area contributed by atoms with Gasteiger partial charge in [0.1, 0.15) is 52.7 Å². The molecule has 5 aromatic carbocycles. The van der Waals surface area contributed by atoms with Crippen LogP contribution in [0.2, 0.25) is 0 Å². The summed E-state index contributed by atoms with van der Waals surface area (Å²) in [6.45, 7) is 0.964. The molecule has 0 atom stereocenters. The van der Waals surface area contributed by atoms with Crippen LogP contribution in [0, 0.1) is 116 Å². The second kappa shape index (κ2) is 18.2. The van der Waals surface area contributed by atoms with Crippen LogP contribution in [-0.2, 0) is 6.54 Å². The minimum absolute atomic E-state index is 0.806. The van der Waals surface area contributed by atoms with E-state index in [1.807, 2.05) is 0 Å². The Morgan fingerprint density at radius 2 is 0.609 bits per heavy atom. The van der Waals surface area contributed by atoms with Crippen molar-refractivity contribution >= 4 is 28.0 Å². The highest BCUT2D eigenvalue weighted by Crippen LogP contribution is 2.33. The van der Waals surface area contributed by atoms with Crippen LogP contribution in [0.4, 0.5) is 87.8 Å². The van der Waals surface area contributed by atoms with Crippen molar-refractivity contribution in [2.24, 2.45) is 0 Å². The number of rotatable bonds is 7. The lowest BCUT2D eigenvalue weighted by molar-refractivity contribution is -0.688. The van der Waals surface area contributed by atoms with Gasteiger partial charge in [-0.3, -0.25) is 0 Å². The monoisotopic (exact) mass is 931 g/mol. The molecule has 22 heteroatoms. The summed E-state index contributed by atoms with van der Waals surface area (Å²) >= 11 is 0. The lowest BCUT2D eigenvalue weighted by Gasteiger charge is -2.44. The van der Waals surface area contributed by atoms with Crippen LogP contribution < -0.4 is 26.4 Å².